The minimum Gasteiger partial charge on any atom is -0.349 e. The van der Waals surface area contributed by atoms with Crippen molar-refractivity contribution in [2.75, 3.05) is 0 Å². The normalized spacial score (nSPS) is 36.0. The minimum absolute atomic E-state index is 0.0354. The van der Waals surface area contributed by atoms with Crippen molar-refractivity contribution in [3.63, 3.8) is 0 Å². The molecule has 4 heteroatoms. The van der Waals surface area contributed by atoms with Crippen LogP contribution >= 0.6 is 23.2 Å². The zero-order valence-electron chi connectivity index (χ0n) is 13.4. The predicted molar refractivity (Wildman–Crippen MR) is 94.0 cm³/mol. The van der Waals surface area contributed by atoms with Crippen LogP contribution in [0.15, 0.2) is 18.2 Å². The topological polar surface area (TPSA) is 29.1 Å². The second-order valence-electron chi connectivity index (χ2n) is 8.10. The minimum atomic E-state index is -0.0354. The summed E-state index contributed by atoms with van der Waals surface area (Å²) in [6, 6.07) is 5.31. The lowest BCUT2D eigenvalue weighted by Gasteiger charge is -2.59. The molecule has 4 aliphatic carbocycles. The van der Waals surface area contributed by atoms with Crippen molar-refractivity contribution in [3.8, 4) is 0 Å². The third kappa shape index (κ3) is 2.78. The molecule has 0 aromatic heterocycles. The summed E-state index contributed by atoms with van der Waals surface area (Å²) in [5, 5.41) is 4.18. The average Bonchev–Trinajstić information content (AvgIpc) is 2.48. The summed E-state index contributed by atoms with van der Waals surface area (Å²) in [4.78, 5) is 12.6. The molecule has 1 amide bonds. The van der Waals surface area contributed by atoms with Crippen molar-refractivity contribution in [1.82, 2.24) is 5.32 Å². The number of carbonyl (C=O) groups is 1. The number of amides is 1. The first-order valence-electron chi connectivity index (χ1n) is 8.71. The quantitative estimate of drug-likeness (QED) is 0.783. The molecule has 0 aliphatic heterocycles. The van der Waals surface area contributed by atoms with E-state index in [1.807, 2.05) is 0 Å². The van der Waals surface area contributed by atoms with Crippen molar-refractivity contribution < 1.29 is 4.79 Å². The second-order valence-corrected chi connectivity index (χ2v) is 8.92. The Hall–Kier alpha value is -0.730. The molecule has 4 aliphatic rings. The SMILES string of the molecule is C[C@H](NC(=O)c1ccc(Cl)c(Cl)c1)C12CC3CC(CC(C3)C1)C2. The number of halogens is 2. The number of carbonyl (C=O) groups excluding carboxylic acids is 1. The van der Waals surface area contributed by atoms with Crippen LogP contribution in [0, 0.1) is 23.2 Å². The number of benzene rings is 1. The van der Waals surface area contributed by atoms with Crippen LogP contribution in [0.3, 0.4) is 0 Å². The van der Waals surface area contributed by atoms with Gasteiger partial charge in [-0.3, -0.25) is 4.79 Å². The molecule has 0 unspecified atom stereocenters. The number of rotatable bonds is 3. The van der Waals surface area contributed by atoms with Crippen LogP contribution < -0.4 is 5.32 Å². The van der Waals surface area contributed by atoms with Gasteiger partial charge >= 0.3 is 0 Å². The van der Waals surface area contributed by atoms with Crippen molar-refractivity contribution in [2.24, 2.45) is 23.2 Å². The van der Waals surface area contributed by atoms with E-state index >= 15 is 0 Å². The van der Waals surface area contributed by atoms with Crippen molar-refractivity contribution >= 4 is 29.1 Å². The van der Waals surface area contributed by atoms with Crippen molar-refractivity contribution in [1.29, 1.82) is 0 Å². The third-order valence-electron chi connectivity index (χ3n) is 6.53. The van der Waals surface area contributed by atoms with Gasteiger partial charge in [0.25, 0.3) is 5.91 Å². The van der Waals surface area contributed by atoms with Gasteiger partial charge in [0.15, 0.2) is 0 Å². The van der Waals surface area contributed by atoms with Gasteiger partial charge in [0.2, 0.25) is 0 Å². The third-order valence-corrected chi connectivity index (χ3v) is 7.27. The summed E-state index contributed by atoms with van der Waals surface area (Å²) in [7, 11) is 0. The van der Waals surface area contributed by atoms with E-state index in [2.05, 4.69) is 12.2 Å². The van der Waals surface area contributed by atoms with E-state index in [-0.39, 0.29) is 11.9 Å². The maximum absolute atomic E-state index is 12.6. The number of hydrogen-bond acceptors (Lipinski definition) is 1. The van der Waals surface area contributed by atoms with Gasteiger partial charge in [0.05, 0.1) is 10.0 Å². The van der Waals surface area contributed by atoms with Gasteiger partial charge in [-0.05, 0) is 86.8 Å². The van der Waals surface area contributed by atoms with Crippen LogP contribution in [-0.4, -0.2) is 11.9 Å². The van der Waals surface area contributed by atoms with E-state index in [4.69, 9.17) is 23.2 Å². The fourth-order valence-corrected chi connectivity index (χ4v) is 6.08. The van der Waals surface area contributed by atoms with Gasteiger partial charge in [0.1, 0.15) is 0 Å². The van der Waals surface area contributed by atoms with E-state index < -0.39 is 0 Å². The lowest BCUT2D eigenvalue weighted by atomic mass is 9.48. The lowest BCUT2D eigenvalue weighted by Crippen LogP contribution is -2.55. The Kier molecular flexibility index (Phi) is 3.89. The van der Waals surface area contributed by atoms with E-state index in [0.29, 0.717) is 21.0 Å². The summed E-state index contributed by atoms with van der Waals surface area (Å²) in [6.07, 6.45) is 8.15. The highest BCUT2D eigenvalue weighted by Crippen LogP contribution is 2.61. The second kappa shape index (κ2) is 5.67. The summed E-state index contributed by atoms with van der Waals surface area (Å²) >= 11 is 12.0. The Labute approximate surface area is 147 Å². The monoisotopic (exact) mass is 351 g/mol. The molecule has 2 nitrogen and oxygen atoms in total. The number of hydrogen-bond donors (Lipinski definition) is 1. The van der Waals surface area contributed by atoms with E-state index in [0.717, 1.165) is 17.8 Å². The Morgan fingerprint density at radius 2 is 1.65 bits per heavy atom. The van der Waals surface area contributed by atoms with Crippen LogP contribution in [0.25, 0.3) is 0 Å². The Morgan fingerprint density at radius 3 is 2.17 bits per heavy atom. The molecule has 1 aromatic rings. The molecule has 23 heavy (non-hydrogen) atoms. The van der Waals surface area contributed by atoms with Gasteiger partial charge in [-0.15, -0.1) is 0 Å². The lowest BCUT2D eigenvalue weighted by molar-refractivity contribution is -0.0688. The first-order chi connectivity index (χ1) is 10.9. The van der Waals surface area contributed by atoms with Gasteiger partial charge in [0, 0.05) is 11.6 Å². The van der Waals surface area contributed by atoms with Crippen LogP contribution in [0.5, 0.6) is 0 Å². The van der Waals surface area contributed by atoms with Gasteiger partial charge < -0.3 is 5.32 Å². The highest BCUT2D eigenvalue weighted by atomic mass is 35.5. The largest absolute Gasteiger partial charge is 0.349 e. The fraction of sp³-hybridized carbons (Fsp3) is 0.632. The molecule has 4 saturated carbocycles. The standard InChI is InChI=1S/C19H23Cl2NO/c1-11(22-18(23)15-2-3-16(20)17(21)7-15)19-8-12-4-13(9-19)6-14(5-12)10-19/h2-3,7,11-14H,4-6,8-10H2,1H3,(H,22,23)/t11-,12?,13?,14?,19?/m0/s1. The van der Waals surface area contributed by atoms with Gasteiger partial charge in [-0.25, -0.2) is 0 Å². The smallest absolute Gasteiger partial charge is 0.251 e. The fourth-order valence-electron chi connectivity index (χ4n) is 5.78. The summed E-state index contributed by atoms with van der Waals surface area (Å²) in [6.45, 7) is 2.20. The Bertz CT molecular complexity index is 607. The Balaban J connectivity index is 1.50. The van der Waals surface area contributed by atoms with Crippen LogP contribution in [-0.2, 0) is 0 Å². The summed E-state index contributed by atoms with van der Waals surface area (Å²) in [5.74, 6) is 2.65. The maximum Gasteiger partial charge on any atom is 0.251 e. The molecule has 0 radical (unpaired) electrons. The van der Waals surface area contributed by atoms with Crippen LogP contribution in [0.4, 0.5) is 0 Å². The molecule has 1 N–H and O–H groups in total. The summed E-state index contributed by atoms with van der Waals surface area (Å²) in [5.41, 5.74) is 0.914. The summed E-state index contributed by atoms with van der Waals surface area (Å²) < 4.78 is 0. The van der Waals surface area contributed by atoms with E-state index in [1.165, 1.54) is 38.5 Å². The highest BCUT2D eigenvalue weighted by Gasteiger charge is 2.53. The van der Waals surface area contributed by atoms with Gasteiger partial charge in [-0.1, -0.05) is 23.2 Å². The molecule has 5 rings (SSSR count). The zero-order valence-corrected chi connectivity index (χ0v) is 15.0. The van der Waals surface area contributed by atoms with Crippen LogP contribution in [0.1, 0.15) is 55.8 Å². The zero-order chi connectivity index (χ0) is 16.2. The molecule has 1 aromatic carbocycles. The Morgan fingerprint density at radius 1 is 1.09 bits per heavy atom. The van der Waals surface area contributed by atoms with E-state index in [9.17, 15) is 4.79 Å². The molecule has 1 atom stereocenters. The molecule has 4 bridgehead atoms. The molecule has 4 fully saturated rings. The van der Waals surface area contributed by atoms with Gasteiger partial charge in [-0.2, -0.15) is 0 Å². The maximum atomic E-state index is 12.6. The van der Waals surface area contributed by atoms with Crippen molar-refractivity contribution in [2.45, 2.75) is 51.5 Å². The molecule has 0 saturated heterocycles. The van der Waals surface area contributed by atoms with Crippen molar-refractivity contribution in [3.05, 3.63) is 33.8 Å². The van der Waals surface area contributed by atoms with Crippen LogP contribution in [0.2, 0.25) is 10.0 Å². The molecular weight excluding hydrogens is 329 g/mol. The molecule has 0 spiro atoms. The molecule has 0 heterocycles. The predicted octanol–water partition coefficient (Wildman–Crippen LogP) is 5.33. The first-order valence-corrected chi connectivity index (χ1v) is 9.47. The highest BCUT2D eigenvalue weighted by molar-refractivity contribution is 6.42. The van der Waals surface area contributed by atoms with E-state index in [1.54, 1.807) is 18.2 Å². The molecule has 124 valence electrons. The molecular formula is C19H23Cl2NO. The first kappa shape index (κ1) is 15.8. The average molecular weight is 352 g/mol. The number of nitrogens with one attached hydrogen (secondary N) is 1.